The fourth-order valence-corrected chi connectivity index (χ4v) is 8.17. The Hall–Kier alpha value is -0.772. The maximum absolute atomic E-state index is 13.5. The molecule has 0 saturated heterocycles. The van der Waals surface area contributed by atoms with Crippen LogP contribution in [0.3, 0.4) is 0 Å². The van der Waals surface area contributed by atoms with Crippen molar-refractivity contribution in [2.24, 2.45) is 34.0 Å². The Balaban J connectivity index is 6.23. The average Bonchev–Trinajstić information content (AvgIpc) is 2.86. The minimum absolute atomic E-state index is 0.0831. The van der Waals surface area contributed by atoms with Crippen LogP contribution in [-0.2, 0) is 23.4 Å². The summed E-state index contributed by atoms with van der Waals surface area (Å²) in [6.45, 7) is 24.0. The van der Waals surface area contributed by atoms with Crippen LogP contribution in [0.5, 0.6) is 0 Å². The van der Waals surface area contributed by atoms with Crippen LogP contribution in [0, 0.1) is 34.0 Å². The zero-order valence-electron chi connectivity index (χ0n) is 26.0. The Bertz CT molecular complexity index is 632. The van der Waals surface area contributed by atoms with E-state index < -0.39 is 55.6 Å². The second-order valence-electron chi connectivity index (χ2n) is 11.7. The average molecular weight is 636 g/mol. The molecule has 0 bridgehead atoms. The molecule has 0 radical (unpaired) electrons. The van der Waals surface area contributed by atoms with Crippen molar-refractivity contribution in [3.8, 4) is 0 Å². The fourth-order valence-electron chi connectivity index (χ4n) is 4.91. The van der Waals surface area contributed by atoms with E-state index in [9.17, 15) is 14.4 Å². The third-order valence-electron chi connectivity index (χ3n) is 9.50. The molecule has 0 saturated carbocycles. The fraction of sp³-hybridized carbons (Fsp3) is 0.900. The van der Waals surface area contributed by atoms with E-state index >= 15 is 0 Å². The molecule has 0 amide bonds. The van der Waals surface area contributed by atoms with E-state index in [-0.39, 0.29) is 17.8 Å². The summed E-state index contributed by atoms with van der Waals surface area (Å²) in [4.78, 5) is 40.6. The Morgan fingerprint density at radius 1 is 0.541 bits per heavy atom. The summed E-state index contributed by atoms with van der Waals surface area (Å²) in [7, 11) is 0. The van der Waals surface area contributed by atoms with E-state index in [0.717, 1.165) is 38.5 Å². The van der Waals surface area contributed by atoms with Gasteiger partial charge in [0.2, 0.25) is 0 Å². The molecule has 0 aromatic rings. The first-order chi connectivity index (χ1) is 17.2. The molecule has 6 unspecified atom stereocenters. The molecule has 0 aliphatic carbocycles. The molecule has 7 heteroatoms. The van der Waals surface area contributed by atoms with Gasteiger partial charge in [-0.05, 0) is 0 Å². The Labute approximate surface area is 237 Å². The molecule has 0 aromatic heterocycles. The molecule has 0 fully saturated rings. The summed E-state index contributed by atoms with van der Waals surface area (Å²) in [6.07, 6.45) is 7.24. The van der Waals surface area contributed by atoms with E-state index in [1.807, 2.05) is 41.5 Å². The molecule has 6 atom stereocenters. The van der Waals surface area contributed by atoms with Crippen LogP contribution < -0.4 is 0 Å². The van der Waals surface area contributed by atoms with E-state index in [0.29, 0.717) is 19.3 Å². The Morgan fingerprint density at radius 3 is 0.919 bits per heavy atom. The molecule has 0 heterocycles. The number of hydrogen-bond acceptors (Lipinski definition) is 6. The monoisotopic (exact) mass is 634 g/mol. The predicted molar refractivity (Wildman–Crippen MR) is 151 cm³/mol. The van der Waals surface area contributed by atoms with Crippen molar-refractivity contribution in [3.63, 3.8) is 0 Å². The predicted octanol–water partition coefficient (Wildman–Crippen LogP) is 8.16. The summed E-state index contributed by atoms with van der Waals surface area (Å²) >= 11 is -4.05. The van der Waals surface area contributed by atoms with Gasteiger partial charge < -0.3 is 0 Å². The van der Waals surface area contributed by atoms with Gasteiger partial charge in [-0.2, -0.15) is 0 Å². The number of carbonyl (C=O) groups excluding carboxylic acids is 3. The second kappa shape index (κ2) is 16.4. The van der Waals surface area contributed by atoms with Crippen LogP contribution in [0.4, 0.5) is 0 Å². The standard InChI is InChI=1S/3C10H20O2.Sb/c3*1-5-7-8(3)10(4,6-2)9(11)12;/h3*8H,5-7H2,1-4H3,(H,11,12);/q;;;+3/p-3. The summed E-state index contributed by atoms with van der Waals surface area (Å²) < 4.78 is 17.8. The molecule has 37 heavy (non-hydrogen) atoms. The van der Waals surface area contributed by atoms with Crippen LogP contribution in [0.1, 0.15) is 141 Å². The van der Waals surface area contributed by atoms with Gasteiger partial charge in [-0.25, -0.2) is 0 Å². The number of hydrogen-bond donors (Lipinski definition) is 0. The van der Waals surface area contributed by atoms with Crippen molar-refractivity contribution >= 4 is 39.4 Å². The molecule has 6 nitrogen and oxygen atoms in total. The zero-order valence-corrected chi connectivity index (χ0v) is 28.5. The van der Waals surface area contributed by atoms with E-state index in [1.165, 1.54) is 0 Å². The molecule has 0 spiro atoms. The SMILES string of the molecule is CCCC(C)C(C)(CC)C(=O)[O][Sb]([O]C(=O)C(C)(CC)C(C)CCC)[O]C(=O)C(C)(CC)C(C)CCC. The van der Waals surface area contributed by atoms with Gasteiger partial charge in [0.15, 0.2) is 0 Å². The third kappa shape index (κ3) is 9.14. The van der Waals surface area contributed by atoms with Crippen molar-refractivity contribution in [1.82, 2.24) is 0 Å². The molecule has 0 aliphatic rings. The molecule has 0 rings (SSSR count). The minimum atomic E-state index is -4.05. The van der Waals surface area contributed by atoms with Gasteiger partial charge in [-0.15, -0.1) is 0 Å². The molecule has 0 aromatic carbocycles. The molecular weight excluding hydrogens is 578 g/mol. The summed E-state index contributed by atoms with van der Waals surface area (Å²) in [5, 5.41) is 0. The normalized spacial score (nSPS) is 19.1. The van der Waals surface area contributed by atoms with Gasteiger partial charge in [-0.3, -0.25) is 0 Å². The molecule has 0 aliphatic heterocycles. The third-order valence-corrected chi connectivity index (χ3v) is 12.2. The molecular formula is C30H57O6Sb. The summed E-state index contributed by atoms with van der Waals surface area (Å²) in [5.41, 5.74) is -2.24. The second-order valence-corrected chi connectivity index (χ2v) is 14.6. The van der Waals surface area contributed by atoms with Gasteiger partial charge in [0.05, 0.1) is 0 Å². The zero-order chi connectivity index (χ0) is 29.0. The van der Waals surface area contributed by atoms with Gasteiger partial charge in [0, 0.05) is 0 Å². The first-order valence-corrected chi connectivity index (χ1v) is 17.8. The van der Waals surface area contributed by atoms with Crippen molar-refractivity contribution < 1.29 is 23.4 Å². The topological polar surface area (TPSA) is 78.9 Å². The summed E-state index contributed by atoms with van der Waals surface area (Å²) in [6, 6.07) is 0. The van der Waals surface area contributed by atoms with Crippen LogP contribution in [-0.4, -0.2) is 39.4 Å². The molecule has 218 valence electrons. The van der Waals surface area contributed by atoms with Crippen LogP contribution >= 0.6 is 0 Å². The number of rotatable bonds is 18. The van der Waals surface area contributed by atoms with Crippen molar-refractivity contribution in [3.05, 3.63) is 0 Å². The maximum atomic E-state index is 13.5. The molecule has 0 N–H and O–H groups in total. The van der Waals surface area contributed by atoms with Gasteiger partial charge in [0.25, 0.3) is 0 Å². The first kappa shape index (κ1) is 36.2. The van der Waals surface area contributed by atoms with Crippen LogP contribution in [0.2, 0.25) is 0 Å². The summed E-state index contributed by atoms with van der Waals surface area (Å²) in [5.74, 6) is -1.04. The Kier molecular flexibility index (Phi) is 16.0. The van der Waals surface area contributed by atoms with Crippen LogP contribution in [0.15, 0.2) is 0 Å². The number of carbonyl (C=O) groups is 3. The van der Waals surface area contributed by atoms with E-state index in [1.54, 1.807) is 0 Å². The van der Waals surface area contributed by atoms with Crippen LogP contribution in [0.25, 0.3) is 0 Å². The van der Waals surface area contributed by atoms with Crippen molar-refractivity contribution in [2.45, 2.75) is 141 Å². The quantitative estimate of drug-likeness (QED) is 0.142. The first-order valence-electron chi connectivity index (χ1n) is 14.6. The Morgan fingerprint density at radius 2 is 0.757 bits per heavy atom. The van der Waals surface area contributed by atoms with Crippen molar-refractivity contribution in [2.75, 3.05) is 0 Å². The van der Waals surface area contributed by atoms with Gasteiger partial charge >= 0.3 is 238 Å². The van der Waals surface area contributed by atoms with Crippen molar-refractivity contribution in [1.29, 1.82) is 0 Å². The van der Waals surface area contributed by atoms with E-state index in [2.05, 4.69) is 41.5 Å². The van der Waals surface area contributed by atoms with Gasteiger partial charge in [0.1, 0.15) is 0 Å². The van der Waals surface area contributed by atoms with Gasteiger partial charge in [-0.1, -0.05) is 0 Å². The van der Waals surface area contributed by atoms with E-state index in [4.69, 9.17) is 9.05 Å².